The van der Waals surface area contributed by atoms with Gasteiger partial charge in [-0.3, -0.25) is 0 Å². The molecule has 2 rings (SSSR count). The summed E-state index contributed by atoms with van der Waals surface area (Å²) in [4.78, 5) is 0. The molecule has 0 aromatic carbocycles. The topological polar surface area (TPSA) is 61.4 Å². The van der Waals surface area contributed by atoms with Crippen molar-refractivity contribution < 1.29 is 8.42 Å². The van der Waals surface area contributed by atoms with Crippen molar-refractivity contribution in [1.29, 1.82) is 0 Å². The summed E-state index contributed by atoms with van der Waals surface area (Å²) in [6.07, 6.45) is 2.76. The number of thiophene rings is 1. The molecule has 1 aliphatic rings. The van der Waals surface area contributed by atoms with Gasteiger partial charge in [0.1, 0.15) is 0 Å². The Balaban J connectivity index is 1.91. The average molecular weight is 332 g/mol. The lowest BCUT2D eigenvalue weighted by Crippen LogP contribution is -2.49. The molecule has 120 valence electrons. The average Bonchev–Trinajstić information content (AvgIpc) is 2.91. The fraction of sp³-hybridized carbons (Fsp3) is 0.714. The Kier molecular flexibility index (Phi) is 6.19. The van der Waals surface area contributed by atoms with Crippen LogP contribution in [-0.4, -0.2) is 45.4 Å². The van der Waals surface area contributed by atoms with Gasteiger partial charge in [0.25, 0.3) is 10.2 Å². The van der Waals surface area contributed by atoms with Gasteiger partial charge in [-0.15, -0.1) is 0 Å². The Hall–Kier alpha value is -0.470. The molecule has 0 saturated carbocycles. The van der Waals surface area contributed by atoms with Crippen LogP contribution in [0.5, 0.6) is 0 Å². The predicted molar refractivity (Wildman–Crippen MR) is 87.8 cm³/mol. The maximum absolute atomic E-state index is 12.5. The van der Waals surface area contributed by atoms with E-state index in [1.807, 2.05) is 25.4 Å². The van der Waals surface area contributed by atoms with Crippen molar-refractivity contribution in [2.45, 2.75) is 32.2 Å². The van der Waals surface area contributed by atoms with E-state index in [0.29, 0.717) is 19.0 Å². The van der Waals surface area contributed by atoms with Crippen molar-refractivity contribution in [3.8, 4) is 0 Å². The van der Waals surface area contributed by atoms with Gasteiger partial charge < -0.3 is 5.32 Å². The molecule has 0 aliphatic carbocycles. The van der Waals surface area contributed by atoms with E-state index in [-0.39, 0.29) is 6.04 Å². The van der Waals surface area contributed by atoms with Crippen LogP contribution in [0, 0.1) is 5.92 Å². The predicted octanol–water partition coefficient (Wildman–Crippen LogP) is 1.44. The van der Waals surface area contributed by atoms with E-state index in [2.05, 4.69) is 15.4 Å². The van der Waals surface area contributed by atoms with Crippen LogP contribution in [0.3, 0.4) is 0 Å². The van der Waals surface area contributed by atoms with E-state index >= 15 is 0 Å². The molecule has 1 aliphatic heterocycles. The standard InChI is InChI=1S/C14H25N3O2S2/c1-12(8-13-5-7-20-11-13)16-21(18,19)17-6-3-4-14(10-17)9-15-2/h5,7,11-12,14-16H,3-4,6,8-10H2,1-2H3. The van der Waals surface area contributed by atoms with Crippen LogP contribution >= 0.6 is 11.3 Å². The summed E-state index contributed by atoms with van der Waals surface area (Å²) in [6.45, 7) is 4.03. The lowest BCUT2D eigenvalue weighted by Gasteiger charge is -2.32. The van der Waals surface area contributed by atoms with Gasteiger partial charge in [-0.2, -0.15) is 28.8 Å². The second-order valence-electron chi connectivity index (χ2n) is 5.78. The first-order chi connectivity index (χ1) is 10.0. The summed E-state index contributed by atoms with van der Waals surface area (Å²) >= 11 is 1.64. The van der Waals surface area contributed by atoms with Crippen molar-refractivity contribution in [3.05, 3.63) is 22.4 Å². The molecule has 0 bridgehead atoms. The Morgan fingerprint density at radius 3 is 3.00 bits per heavy atom. The summed E-state index contributed by atoms with van der Waals surface area (Å²) in [5.41, 5.74) is 1.18. The molecule has 1 fully saturated rings. The van der Waals surface area contributed by atoms with Crippen LogP contribution < -0.4 is 10.0 Å². The van der Waals surface area contributed by atoms with Crippen LogP contribution in [-0.2, 0) is 16.6 Å². The Morgan fingerprint density at radius 1 is 1.52 bits per heavy atom. The first kappa shape index (κ1) is 16.9. The van der Waals surface area contributed by atoms with E-state index in [9.17, 15) is 8.42 Å². The molecule has 0 amide bonds. The molecule has 1 aromatic rings. The number of nitrogens with zero attached hydrogens (tertiary/aromatic N) is 1. The van der Waals surface area contributed by atoms with E-state index in [4.69, 9.17) is 0 Å². The molecular formula is C14H25N3O2S2. The summed E-state index contributed by atoms with van der Waals surface area (Å²) in [7, 11) is -1.47. The van der Waals surface area contributed by atoms with Crippen LogP contribution in [0.4, 0.5) is 0 Å². The second kappa shape index (κ2) is 7.69. The minimum absolute atomic E-state index is 0.0886. The molecule has 2 heterocycles. The van der Waals surface area contributed by atoms with Crippen LogP contribution in [0.1, 0.15) is 25.3 Å². The van der Waals surface area contributed by atoms with Crippen molar-refractivity contribution in [2.75, 3.05) is 26.7 Å². The van der Waals surface area contributed by atoms with Crippen molar-refractivity contribution in [1.82, 2.24) is 14.3 Å². The van der Waals surface area contributed by atoms with Crippen LogP contribution in [0.15, 0.2) is 16.8 Å². The highest BCUT2D eigenvalue weighted by Gasteiger charge is 2.29. The van der Waals surface area contributed by atoms with Crippen LogP contribution in [0.2, 0.25) is 0 Å². The van der Waals surface area contributed by atoms with Gasteiger partial charge in [0.05, 0.1) is 0 Å². The first-order valence-electron chi connectivity index (χ1n) is 7.44. The molecule has 21 heavy (non-hydrogen) atoms. The third-order valence-corrected chi connectivity index (χ3v) is 6.23. The van der Waals surface area contributed by atoms with Gasteiger partial charge >= 0.3 is 0 Å². The second-order valence-corrected chi connectivity index (χ2v) is 8.27. The summed E-state index contributed by atoms with van der Waals surface area (Å²) < 4.78 is 29.4. The van der Waals surface area contributed by atoms with Gasteiger partial charge in [-0.1, -0.05) is 0 Å². The number of piperidine rings is 1. The smallest absolute Gasteiger partial charge is 0.279 e. The highest BCUT2D eigenvalue weighted by molar-refractivity contribution is 7.87. The summed E-state index contributed by atoms with van der Waals surface area (Å²) in [6, 6.07) is 1.95. The largest absolute Gasteiger partial charge is 0.319 e. The first-order valence-corrected chi connectivity index (χ1v) is 9.82. The van der Waals surface area contributed by atoms with E-state index in [1.165, 1.54) is 5.56 Å². The van der Waals surface area contributed by atoms with Gasteiger partial charge in [0.15, 0.2) is 0 Å². The van der Waals surface area contributed by atoms with Crippen molar-refractivity contribution in [2.24, 2.45) is 5.92 Å². The maximum atomic E-state index is 12.5. The fourth-order valence-electron chi connectivity index (χ4n) is 2.83. The molecule has 5 nitrogen and oxygen atoms in total. The van der Waals surface area contributed by atoms with E-state index in [1.54, 1.807) is 15.6 Å². The van der Waals surface area contributed by atoms with Gasteiger partial charge in [0.2, 0.25) is 0 Å². The summed E-state index contributed by atoms with van der Waals surface area (Å²) in [5, 5.41) is 7.22. The molecule has 0 spiro atoms. The highest BCUT2D eigenvalue weighted by Crippen LogP contribution is 2.18. The zero-order valence-electron chi connectivity index (χ0n) is 12.7. The molecule has 2 N–H and O–H groups in total. The minimum Gasteiger partial charge on any atom is -0.319 e. The number of nitrogens with one attached hydrogen (secondary N) is 2. The third kappa shape index (κ3) is 5.03. The van der Waals surface area contributed by atoms with Gasteiger partial charge in [0, 0.05) is 19.1 Å². The molecule has 2 unspecified atom stereocenters. The number of hydrogen-bond donors (Lipinski definition) is 2. The zero-order chi connectivity index (χ0) is 15.3. The monoisotopic (exact) mass is 331 g/mol. The molecule has 1 aromatic heterocycles. The zero-order valence-corrected chi connectivity index (χ0v) is 14.3. The number of hydrogen-bond acceptors (Lipinski definition) is 4. The molecule has 2 atom stereocenters. The van der Waals surface area contributed by atoms with Crippen molar-refractivity contribution in [3.63, 3.8) is 0 Å². The maximum Gasteiger partial charge on any atom is 0.279 e. The molecular weight excluding hydrogens is 306 g/mol. The highest BCUT2D eigenvalue weighted by atomic mass is 32.2. The van der Waals surface area contributed by atoms with Gasteiger partial charge in [-0.25, -0.2) is 0 Å². The Morgan fingerprint density at radius 2 is 2.33 bits per heavy atom. The quantitative estimate of drug-likeness (QED) is 0.795. The normalized spacial score (nSPS) is 22.3. The fourth-order valence-corrected chi connectivity index (χ4v) is 5.03. The van der Waals surface area contributed by atoms with Crippen molar-refractivity contribution >= 4 is 21.5 Å². The lowest BCUT2D eigenvalue weighted by atomic mass is 10.00. The van der Waals surface area contributed by atoms with Gasteiger partial charge in [-0.05, 0) is 68.1 Å². The summed E-state index contributed by atoms with van der Waals surface area (Å²) in [5.74, 6) is 0.410. The Labute approximate surface area is 131 Å². The SMILES string of the molecule is CNCC1CCCN(S(=O)(=O)NC(C)Cc2ccsc2)C1. The Bertz CT molecular complexity index is 514. The molecule has 1 saturated heterocycles. The van der Waals surface area contributed by atoms with E-state index in [0.717, 1.165) is 25.8 Å². The van der Waals surface area contributed by atoms with Crippen LogP contribution in [0.25, 0.3) is 0 Å². The molecule has 7 heteroatoms. The number of rotatable bonds is 7. The third-order valence-electron chi connectivity index (χ3n) is 3.79. The lowest BCUT2D eigenvalue weighted by molar-refractivity contribution is 0.260. The van der Waals surface area contributed by atoms with E-state index < -0.39 is 10.2 Å². The molecule has 0 radical (unpaired) electrons. The minimum atomic E-state index is -3.38.